The standard InChI is InChI=1S/C20H26N4O2/c1-2-26-18-9-4-3-7-16(18)15-23-11-6-12-24(14-13-23)19-10-5-8-17(22-19)20(21)25/h3-5,7-10H,2,6,11-15H2,1H3,(H2,21,25). The van der Waals surface area contributed by atoms with Crippen LogP contribution in [0.1, 0.15) is 29.4 Å². The van der Waals surface area contributed by atoms with Gasteiger partial charge < -0.3 is 15.4 Å². The summed E-state index contributed by atoms with van der Waals surface area (Å²) in [5, 5.41) is 0. The third kappa shape index (κ3) is 4.52. The number of para-hydroxylation sites is 1. The number of hydrogen-bond acceptors (Lipinski definition) is 5. The van der Waals surface area contributed by atoms with Gasteiger partial charge in [-0.25, -0.2) is 4.98 Å². The van der Waals surface area contributed by atoms with Crippen molar-refractivity contribution in [2.75, 3.05) is 37.7 Å². The number of hydrogen-bond donors (Lipinski definition) is 1. The molecular formula is C20H26N4O2. The van der Waals surface area contributed by atoms with Gasteiger partial charge in [-0.3, -0.25) is 9.69 Å². The summed E-state index contributed by atoms with van der Waals surface area (Å²) in [5.41, 5.74) is 6.88. The fourth-order valence-electron chi connectivity index (χ4n) is 3.27. The van der Waals surface area contributed by atoms with Crippen LogP contribution in [-0.2, 0) is 6.54 Å². The summed E-state index contributed by atoms with van der Waals surface area (Å²) < 4.78 is 5.74. The first-order valence-corrected chi connectivity index (χ1v) is 9.12. The Morgan fingerprint density at radius 2 is 1.96 bits per heavy atom. The van der Waals surface area contributed by atoms with Crippen molar-refractivity contribution in [3.63, 3.8) is 0 Å². The number of pyridine rings is 1. The van der Waals surface area contributed by atoms with Crippen molar-refractivity contribution < 1.29 is 9.53 Å². The molecule has 0 bridgehead atoms. The van der Waals surface area contributed by atoms with Crippen LogP contribution in [0.5, 0.6) is 5.75 Å². The Morgan fingerprint density at radius 3 is 2.77 bits per heavy atom. The van der Waals surface area contributed by atoms with Gasteiger partial charge in [-0.15, -0.1) is 0 Å². The summed E-state index contributed by atoms with van der Waals surface area (Å²) in [5.74, 6) is 1.29. The zero-order valence-corrected chi connectivity index (χ0v) is 15.2. The number of anilines is 1. The summed E-state index contributed by atoms with van der Waals surface area (Å²) in [7, 11) is 0. The quantitative estimate of drug-likeness (QED) is 0.862. The van der Waals surface area contributed by atoms with E-state index in [0.717, 1.165) is 50.7 Å². The van der Waals surface area contributed by atoms with E-state index in [2.05, 4.69) is 26.9 Å². The van der Waals surface area contributed by atoms with Gasteiger partial charge in [0.15, 0.2) is 0 Å². The predicted octanol–water partition coefficient (Wildman–Crippen LogP) is 2.29. The van der Waals surface area contributed by atoms with Crippen molar-refractivity contribution in [3.05, 3.63) is 53.7 Å². The third-order valence-electron chi connectivity index (χ3n) is 4.57. The number of primary amides is 1. The number of amides is 1. The first kappa shape index (κ1) is 18.2. The SMILES string of the molecule is CCOc1ccccc1CN1CCCN(c2cccc(C(N)=O)n2)CC1. The first-order valence-electron chi connectivity index (χ1n) is 9.12. The van der Waals surface area contributed by atoms with E-state index in [1.807, 2.05) is 31.2 Å². The molecule has 138 valence electrons. The molecule has 6 nitrogen and oxygen atoms in total. The summed E-state index contributed by atoms with van der Waals surface area (Å²) in [6.45, 7) is 7.29. The second-order valence-electron chi connectivity index (χ2n) is 6.40. The van der Waals surface area contributed by atoms with Crippen LogP contribution in [0.15, 0.2) is 42.5 Å². The molecule has 1 amide bonds. The molecule has 1 aromatic carbocycles. The van der Waals surface area contributed by atoms with E-state index in [1.54, 1.807) is 6.07 Å². The van der Waals surface area contributed by atoms with E-state index in [-0.39, 0.29) is 0 Å². The Bertz CT molecular complexity index is 750. The number of rotatable bonds is 6. The molecule has 1 aromatic heterocycles. The van der Waals surface area contributed by atoms with Gasteiger partial charge in [0.2, 0.25) is 0 Å². The Labute approximate surface area is 154 Å². The van der Waals surface area contributed by atoms with Crippen molar-refractivity contribution in [2.45, 2.75) is 19.9 Å². The fourth-order valence-corrected chi connectivity index (χ4v) is 3.27. The van der Waals surface area contributed by atoms with Gasteiger partial charge in [0, 0.05) is 38.3 Å². The van der Waals surface area contributed by atoms with E-state index in [1.165, 1.54) is 5.56 Å². The lowest BCUT2D eigenvalue weighted by Gasteiger charge is -2.23. The van der Waals surface area contributed by atoms with Crippen LogP contribution < -0.4 is 15.4 Å². The molecular weight excluding hydrogens is 328 g/mol. The van der Waals surface area contributed by atoms with Crippen LogP contribution in [0.2, 0.25) is 0 Å². The van der Waals surface area contributed by atoms with Crippen molar-refractivity contribution in [3.8, 4) is 5.75 Å². The van der Waals surface area contributed by atoms with Crippen LogP contribution in [0, 0.1) is 0 Å². The van der Waals surface area contributed by atoms with Crippen molar-refractivity contribution >= 4 is 11.7 Å². The number of carbonyl (C=O) groups is 1. The lowest BCUT2D eigenvalue weighted by Crippen LogP contribution is -2.31. The Hall–Kier alpha value is -2.60. The highest BCUT2D eigenvalue weighted by atomic mass is 16.5. The first-order chi connectivity index (χ1) is 12.7. The van der Waals surface area contributed by atoms with E-state index >= 15 is 0 Å². The minimum atomic E-state index is -0.490. The van der Waals surface area contributed by atoms with Crippen LogP contribution in [0.3, 0.4) is 0 Å². The Kier molecular flexibility index (Phi) is 6.07. The normalized spacial score (nSPS) is 15.5. The summed E-state index contributed by atoms with van der Waals surface area (Å²) in [6, 6.07) is 13.7. The molecule has 1 saturated heterocycles. The zero-order valence-electron chi connectivity index (χ0n) is 15.2. The number of benzene rings is 1. The van der Waals surface area contributed by atoms with E-state index in [4.69, 9.17) is 10.5 Å². The highest BCUT2D eigenvalue weighted by Gasteiger charge is 2.18. The van der Waals surface area contributed by atoms with Gasteiger partial charge >= 0.3 is 0 Å². The minimum Gasteiger partial charge on any atom is -0.494 e. The summed E-state index contributed by atoms with van der Waals surface area (Å²) in [4.78, 5) is 20.4. The highest BCUT2D eigenvalue weighted by molar-refractivity contribution is 5.91. The maximum absolute atomic E-state index is 11.4. The van der Waals surface area contributed by atoms with Gasteiger partial charge in [-0.2, -0.15) is 0 Å². The molecule has 1 aliphatic heterocycles. The maximum atomic E-state index is 11.4. The number of carbonyl (C=O) groups excluding carboxylic acids is 1. The number of nitrogens with two attached hydrogens (primary N) is 1. The smallest absolute Gasteiger partial charge is 0.267 e. The molecule has 2 N–H and O–H groups in total. The van der Waals surface area contributed by atoms with Gasteiger partial charge in [-0.1, -0.05) is 24.3 Å². The molecule has 0 atom stereocenters. The van der Waals surface area contributed by atoms with Crippen LogP contribution in [0.25, 0.3) is 0 Å². The average Bonchev–Trinajstić information content (AvgIpc) is 2.89. The van der Waals surface area contributed by atoms with Crippen LogP contribution in [0.4, 0.5) is 5.82 Å². The van der Waals surface area contributed by atoms with E-state index < -0.39 is 5.91 Å². The lowest BCUT2D eigenvalue weighted by atomic mass is 10.2. The number of aromatic nitrogens is 1. The lowest BCUT2D eigenvalue weighted by molar-refractivity contribution is 0.0995. The molecule has 0 radical (unpaired) electrons. The summed E-state index contributed by atoms with van der Waals surface area (Å²) >= 11 is 0. The topological polar surface area (TPSA) is 71.7 Å². The van der Waals surface area contributed by atoms with Crippen molar-refractivity contribution in [1.29, 1.82) is 0 Å². The van der Waals surface area contributed by atoms with E-state index in [0.29, 0.717) is 12.3 Å². The van der Waals surface area contributed by atoms with Crippen molar-refractivity contribution in [2.24, 2.45) is 5.73 Å². The molecule has 2 heterocycles. The monoisotopic (exact) mass is 354 g/mol. The number of ether oxygens (including phenoxy) is 1. The molecule has 1 aliphatic rings. The van der Waals surface area contributed by atoms with Gasteiger partial charge in [0.1, 0.15) is 17.3 Å². The Balaban J connectivity index is 1.65. The third-order valence-corrected chi connectivity index (χ3v) is 4.57. The summed E-state index contributed by atoms with van der Waals surface area (Å²) in [6.07, 6.45) is 1.04. The molecule has 3 rings (SSSR count). The molecule has 26 heavy (non-hydrogen) atoms. The number of nitrogens with zero attached hydrogens (tertiary/aromatic N) is 3. The highest BCUT2D eigenvalue weighted by Crippen LogP contribution is 2.21. The van der Waals surface area contributed by atoms with Gasteiger partial charge in [0.05, 0.1) is 6.61 Å². The Morgan fingerprint density at radius 1 is 1.12 bits per heavy atom. The van der Waals surface area contributed by atoms with Gasteiger partial charge in [-0.05, 0) is 31.5 Å². The molecule has 0 spiro atoms. The van der Waals surface area contributed by atoms with Crippen LogP contribution >= 0.6 is 0 Å². The van der Waals surface area contributed by atoms with Gasteiger partial charge in [0.25, 0.3) is 5.91 Å². The second kappa shape index (κ2) is 8.67. The van der Waals surface area contributed by atoms with Crippen LogP contribution in [-0.4, -0.2) is 48.6 Å². The molecule has 0 aliphatic carbocycles. The molecule has 0 saturated carbocycles. The van der Waals surface area contributed by atoms with E-state index in [9.17, 15) is 4.79 Å². The predicted molar refractivity (Wildman–Crippen MR) is 102 cm³/mol. The average molecular weight is 354 g/mol. The largest absolute Gasteiger partial charge is 0.494 e. The molecule has 0 unspecified atom stereocenters. The maximum Gasteiger partial charge on any atom is 0.267 e. The fraction of sp³-hybridized carbons (Fsp3) is 0.400. The minimum absolute atomic E-state index is 0.314. The van der Waals surface area contributed by atoms with Crippen molar-refractivity contribution in [1.82, 2.24) is 9.88 Å². The molecule has 1 fully saturated rings. The molecule has 6 heteroatoms. The molecule has 2 aromatic rings. The zero-order chi connectivity index (χ0) is 18.4. The second-order valence-corrected chi connectivity index (χ2v) is 6.40.